The fraction of sp³-hybridized carbons (Fsp3) is 0.143. The number of ether oxygens (including phenoxy) is 2. The number of carbonyl (C=O) groups is 3. The molecule has 12 heteroatoms. The highest BCUT2D eigenvalue weighted by molar-refractivity contribution is 6.04. The lowest BCUT2D eigenvalue weighted by Gasteiger charge is -2.07. The van der Waals surface area contributed by atoms with E-state index in [1.807, 2.05) is 0 Å². The number of rotatable bonds is 6. The number of H-pyrrole nitrogens is 2. The normalized spacial score (nSPS) is 11.8. The molecule has 0 unspecified atom stereocenters. The van der Waals surface area contributed by atoms with Crippen molar-refractivity contribution < 1.29 is 29.0 Å². The van der Waals surface area contributed by atoms with Gasteiger partial charge in [-0.1, -0.05) is 0 Å². The first kappa shape index (κ1) is 22.9. The molecule has 0 radical (unpaired) electrons. The number of hydrogen-bond acceptors (Lipinski definition) is 9. The molecule has 1 heterocycles. The van der Waals surface area contributed by atoms with E-state index in [0.29, 0.717) is 16.7 Å². The second kappa shape index (κ2) is 9.60. The molecule has 0 saturated heterocycles. The summed E-state index contributed by atoms with van der Waals surface area (Å²) in [5.41, 5.74) is 0.612. The number of imidazole rings is 1. The number of allylic oxidation sites excluding steroid dienone is 1. The van der Waals surface area contributed by atoms with E-state index in [1.165, 1.54) is 45.4 Å². The molecule has 0 spiro atoms. The van der Waals surface area contributed by atoms with E-state index in [0.717, 1.165) is 0 Å². The summed E-state index contributed by atoms with van der Waals surface area (Å²) >= 11 is 0. The number of fused-ring (bicyclic) bond motifs is 1. The number of aliphatic hydroxyl groups excluding tert-OH is 1. The average Bonchev–Trinajstić information content (AvgIpc) is 3.16. The second-order valence-corrected chi connectivity index (χ2v) is 6.68. The van der Waals surface area contributed by atoms with Crippen LogP contribution < -0.4 is 11.0 Å². The highest BCUT2D eigenvalue weighted by Gasteiger charge is 2.16. The van der Waals surface area contributed by atoms with Crippen molar-refractivity contribution in [2.75, 3.05) is 19.5 Å². The van der Waals surface area contributed by atoms with Gasteiger partial charge in [-0.3, -0.25) is 4.79 Å². The molecule has 0 fully saturated rings. The van der Waals surface area contributed by atoms with Gasteiger partial charge in [0, 0.05) is 5.69 Å². The van der Waals surface area contributed by atoms with Crippen molar-refractivity contribution in [3.8, 4) is 0 Å². The molecule has 0 aliphatic carbocycles. The molecule has 0 saturated carbocycles. The highest BCUT2D eigenvalue weighted by atomic mass is 16.5. The van der Waals surface area contributed by atoms with Crippen LogP contribution in [0.1, 0.15) is 27.6 Å². The molecule has 170 valence electrons. The maximum Gasteiger partial charge on any atom is 0.337 e. The first-order valence-corrected chi connectivity index (χ1v) is 9.38. The van der Waals surface area contributed by atoms with Gasteiger partial charge in [0.1, 0.15) is 5.76 Å². The van der Waals surface area contributed by atoms with E-state index < -0.39 is 35.0 Å². The summed E-state index contributed by atoms with van der Waals surface area (Å²) in [6.07, 6.45) is 0. The Hall–Kier alpha value is -4.74. The summed E-state index contributed by atoms with van der Waals surface area (Å²) in [6, 6.07) is 8.51. The molecule has 3 aromatic rings. The molecule has 1 amide bonds. The van der Waals surface area contributed by atoms with Gasteiger partial charge in [0.05, 0.1) is 42.1 Å². The van der Waals surface area contributed by atoms with E-state index in [-0.39, 0.29) is 16.8 Å². The van der Waals surface area contributed by atoms with Gasteiger partial charge in [-0.2, -0.15) is 5.11 Å². The molecular weight excluding hydrogens is 434 g/mol. The summed E-state index contributed by atoms with van der Waals surface area (Å²) in [5.74, 6) is -2.65. The Labute approximate surface area is 185 Å². The Morgan fingerprint density at radius 1 is 0.939 bits per heavy atom. The van der Waals surface area contributed by atoms with Crippen molar-refractivity contribution in [2.24, 2.45) is 10.2 Å². The van der Waals surface area contributed by atoms with Crippen LogP contribution in [0.25, 0.3) is 11.0 Å². The third kappa shape index (κ3) is 5.31. The Bertz CT molecular complexity index is 1330. The molecule has 2 aromatic carbocycles. The average molecular weight is 453 g/mol. The van der Waals surface area contributed by atoms with Crippen LogP contribution in [0.5, 0.6) is 0 Å². The molecule has 0 bridgehead atoms. The summed E-state index contributed by atoms with van der Waals surface area (Å²) in [6.45, 7) is 1.24. The first-order chi connectivity index (χ1) is 15.7. The molecule has 3 rings (SSSR count). The minimum Gasteiger partial charge on any atom is -0.510 e. The van der Waals surface area contributed by atoms with Crippen LogP contribution in [0.4, 0.5) is 11.4 Å². The number of amides is 1. The monoisotopic (exact) mass is 453 g/mol. The van der Waals surface area contributed by atoms with Gasteiger partial charge < -0.3 is 29.9 Å². The minimum atomic E-state index is -0.784. The standard InChI is InChI=1S/C21H19N5O7/c1-10(27)17(18(28)22-13-4-5-15-16(9-13)24-21(31)23-15)26-25-14-7-11(19(29)32-2)6-12(8-14)20(30)33-3/h4-9,27H,1-3H3,(H,22,28)(H2,23,24,31). The highest BCUT2D eigenvalue weighted by Crippen LogP contribution is 2.22. The number of nitrogens with one attached hydrogen (secondary N) is 3. The van der Waals surface area contributed by atoms with E-state index in [9.17, 15) is 24.3 Å². The lowest BCUT2D eigenvalue weighted by atomic mass is 10.1. The number of aromatic nitrogens is 2. The number of nitrogens with zero attached hydrogens (tertiary/aromatic N) is 2. The molecular formula is C21H19N5O7. The van der Waals surface area contributed by atoms with Gasteiger partial charge in [-0.25, -0.2) is 14.4 Å². The van der Waals surface area contributed by atoms with Crippen LogP contribution in [-0.2, 0) is 14.3 Å². The second-order valence-electron chi connectivity index (χ2n) is 6.68. The van der Waals surface area contributed by atoms with Crippen molar-refractivity contribution >= 4 is 40.3 Å². The Kier molecular flexibility index (Phi) is 6.67. The number of anilines is 1. The summed E-state index contributed by atoms with van der Waals surface area (Å²) in [4.78, 5) is 53.0. The third-order valence-electron chi connectivity index (χ3n) is 4.36. The molecule has 12 nitrogen and oxygen atoms in total. The van der Waals surface area contributed by atoms with Crippen molar-refractivity contribution in [1.82, 2.24) is 9.97 Å². The van der Waals surface area contributed by atoms with E-state index in [2.05, 4.69) is 35.0 Å². The van der Waals surface area contributed by atoms with Gasteiger partial charge in [0.25, 0.3) is 5.91 Å². The number of esters is 2. The molecule has 0 aliphatic heterocycles. The van der Waals surface area contributed by atoms with Crippen molar-refractivity contribution in [1.29, 1.82) is 0 Å². The fourth-order valence-corrected chi connectivity index (χ4v) is 2.83. The van der Waals surface area contributed by atoms with E-state index in [4.69, 9.17) is 0 Å². The molecule has 33 heavy (non-hydrogen) atoms. The summed E-state index contributed by atoms with van der Waals surface area (Å²) in [7, 11) is 2.35. The van der Waals surface area contributed by atoms with Gasteiger partial charge in [-0.15, -0.1) is 5.11 Å². The number of carbonyl (C=O) groups excluding carboxylic acids is 3. The van der Waals surface area contributed by atoms with E-state index >= 15 is 0 Å². The maximum atomic E-state index is 12.6. The first-order valence-electron chi connectivity index (χ1n) is 9.38. The zero-order valence-corrected chi connectivity index (χ0v) is 17.8. The number of azo groups is 1. The quantitative estimate of drug-likeness (QED) is 0.192. The molecule has 4 N–H and O–H groups in total. The largest absolute Gasteiger partial charge is 0.510 e. The lowest BCUT2D eigenvalue weighted by Crippen LogP contribution is -2.14. The zero-order chi connectivity index (χ0) is 24.1. The maximum absolute atomic E-state index is 12.6. The van der Waals surface area contributed by atoms with Crippen LogP contribution in [-0.4, -0.2) is 47.1 Å². The zero-order valence-electron chi connectivity index (χ0n) is 17.8. The smallest absolute Gasteiger partial charge is 0.337 e. The number of hydrogen-bond donors (Lipinski definition) is 4. The van der Waals surface area contributed by atoms with Crippen molar-refractivity contribution in [3.05, 3.63) is 69.5 Å². The third-order valence-corrected chi connectivity index (χ3v) is 4.36. The predicted molar refractivity (Wildman–Crippen MR) is 117 cm³/mol. The van der Waals surface area contributed by atoms with Crippen LogP contribution in [0.2, 0.25) is 0 Å². The summed E-state index contributed by atoms with van der Waals surface area (Å²) in [5, 5.41) is 20.1. The number of aliphatic hydroxyl groups is 1. The van der Waals surface area contributed by atoms with Crippen LogP contribution >= 0.6 is 0 Å². The topological polar surface area (TPSA) is 175 Å². The van der Waals surface area contributed by atoms with E-state index in [1.54, 1.807) is 12.1 Å². The number of methoxy groups -OCH3 is 2. The van der Waals surface area contributed by atoms with Crippen molar-refractivity contribution in [2.45, 2.75) is 6.92 Å². The van der Waals surface area contributed by atoms with Gasteiger partial charge >= 0.3 is 17.6 Å². The van der Waals surface area contributed by atoms with Gasteiger partial charge in [0.15, 0.2) is 5.70 Å². The predicted octanol–water partition coefficient (Wildman–Crippen LogP) is 2.94. The number of benzene rings is 2. The minimum absolute atomic E-state index is 0.0128. The Balaban J connectivity index is 1.89. The number of aromatic amines is 2. The molecule has 0 atom stereocenters. The molecule has 1 aromatic heterocycles. The Morgan fingerprint density at radius 2 is 1.55 bits per heavy atom. The van der Waals surface area contributed by atoms with Crippen LogP contribution in [0, 0.1) is 0 Å². The van der Waals surface area contributed by atoms with Crippen LogP contribution in [0.3, 0.4) is 0 Å². The lowest BCUT2D eigenvalue weighted by molar-refractivity contribution is -0.113. The summed E-state index contributed by atoms with van der Waals surface area (Å²) < 4.78 is 9.32. The Morgan fingerprint density at radius 3 is 2.12 bits per heavy atom. The van der Waals surface area contributed by atoms with Gasteiger partial charge in [-0.05, 0) is 43.3 Å². The van der Waals surface area contributed by atoms with Crippen molar-refractivity contribution in [3.63, 3.8) is 0 Å². The van der Waals surface area contributed by atoms with Crippen LogP contribution in [0.15, 0.2) is 62.9 Å². The molecule has 0 aliphatic rings. The SMILES string of the molecule is COC(=O)c1cc(N=NC(C(=O)Nc2ccc3[nH]c(=O)[nH]c3c2)=C(C)O)cc(C(=O)OC)c1. The fourth-order valence-electron chi connectivity index (χ4n) is 2.83. The van der Waals surface area contributed by atoms with Gasteiger partial charge in [0.2, 0.25) is 0 Å².